The fourth-order valence-corrected chi connectivity index (χ4v) is 2.71. The summed E-state index contributed by atoms with van der Waals surface area (Å²) in [5.41, 5.74) is 0.820. The number of hydrogen-bond acceptors (Lipinski definition) is 3. The highest BCUT2D eigenvalue weighted by Gasteiger charge is 2.23. The number of carbonyl (C=O) groups is 1. The van der Waals surface area contributed by atoms with E-state index in [9.17, 15) is 9.59 Å². The minimum Gasteiger partial charge on any atom is -0.364 e. The van der Waals surface area contributed by atoms with Crippen molar-refractivity contribution in [2.24, 2.45) is 0 Å². The zero-order valence-electron chi connectivity index (χ0n) is 12.9. The first-order valence-corrected chi connectivity index (χ1v) is 7.83. The summed E-state index contributed by atoms with van der Waals surface area (Å²) in [5, 5.41) is 3.41. The highest BCUT2D eigenvalue weighted by Crippen LogP contribution is 2.10. The van der Waals surface area contributed by atoms with Gasteiger partial charge in [-0.2, -0.15) is 0 Å². The summed E-state index contributed by atoms with van der Waals surface area (Å²) in [6, 6.07) is 1.84. The summed E-state index contributed by atoms with van der Waals surface area (Å²) in [7, 11) is 0. The Kier molecular flexibility index (Phi) is 5.56. The Hall–Kier alpha value is -1.62. The molecule has 0 aromatic carbocycles. The number of nitrogens with one attached hydrogen (secondary N) is 2. The first kappa shape index (κ1) is 15.8. The average molecular weight is 291 g/mol. The largest absolute Gasteiger partial charge is 0.364 e. The molecule has 0 radical (unpaired) electrons. The molecule has 2 heterocycles. The second kappa shape index (κ2) is 7.41. The van der Waals surface area contributed by atoms with E-state index in [2.05, 4.69) is 17.2 Å². The predicted molar refractivity (Wildman–Crippen MR) is 83.6 cm³/mol. The number of aromatic amines is 1. The van der Waals surface area contributed by atoms with Crippen molar-refractivity contribution in [3.8, 4) is 0 Å². The Bertz CT molecular complexity index is 533. The Morgan fingerprint density at radius 2 is 2.29 bits per heavy atom. The van der Waals surface area contributed by atoms with E-state index in [1.54, 1.807) is 6.20 Å². The summed E-state index contributed by atoms with van der Waals surface area (Å²) in [4.78, 5) is 29.5. The van der Waals surface area contributed by atoms with Crippen LogP contribution in [0.4, 0.5) is 0 Å². The number of hydrogen-bond donors (Lipinski definition) is 2. The molecule has 0 bridgehead atoms. The maximum atomic E-state index is 12.6. The first-order chi connectivity index (χ1) is 10.1. The van der Waals surface area contributed by atoms with Crippen molar-refractivity contribution in [1.82, 2.24) is 15.2 Å². The fourth-order valence-electron chi connectivity index (χ4n) is 2.71. The van der Waals surface area contributed by atoms with Gasteiger partial charge in [0.05, 0.1) is 0 Å². The van der Waals surface area contributed by atoms with Gasteiger partial charge in [-0.3, -0.25) is 9.59 Å². The molecule has 0 spiro atoms. The maximum absolute atomic E-state index is 12.6. The van der Waals surface area contributed by atoms with Crippen LogP contribution < -0.4 is 10.7 Å². The molecule has 2 N–H and O–H groups in total. The van der Waals surface area contributed by atoms with Crippen LogP contribution in [-0.4, -0.2) is 41.5 Å². The lowest BCUT2D eigenvalue weighted by Gasteiger charge is -2.25. The number of amides is 1. The van der Waals surface area contributed by atoms with Crippen LogP contribution in [0.5, 0.6) is 0 Å². The highest BCUT2D eigenvalue weighted by molar-refractivity contribution is 5.93. The quantitative estimate of drug-likeness (QED) is 0.838. The van der Waals surface area contributed by atoms with Crippen molar-refractivity contribution in [3.05, 3.63) is 33.7 Å². The van der Waals surface area contributed by atoms with E-state index in [0.29, 0.717) is 19.1 Å². The normalized spacial score (nSPS) is 17.9. The molecule has 0 aliphatic carbocycles. The van der Waals surface area contributed by atoms with Crippen molar-refractivity contribution in [2.45, 2.75) is 45.6 Å². The van der Waals surface area contributed by atoms with Gasteiger partial charge in [-0.05, 0) is 32.7 Å². The molecule has 5 nitrogen and oxygen atoms in total. The van der Waals surface area contributed by atoms with Gasteiger partial charge in [0.1, 0.15) is 5.56 Å². The molecule has 1 aromatic heterocycles. The van der Waals surface area contributed by atoms with Crippen LogP contribution in [0.1, 0.15) is 48.7 Å². The molecule has 5 heteroatoms. The van der Waals surface area contributed by atoms with E-state index < -0.39 is 0 Å². The molecule has 1 fully saturated rings. The number of aromatic nitrogens is 1. The SMILES string of the molecule is CCCCN(CC1CCCN1)C(=O)c1c[nH]c(C)cc1=O. The van der Waals surface area contributed by atoms with Gasteiger partial charge in [-0.25, -0.2) is 0 Å². The van der Waals surface area contributed by atoms with E-state index in [1.807, 2.05) is 11.8 Å². The number of nitrogens with zero attached hydrogens (tertiary/aromatic N) is 1. The molecule has 116 valence electrons. The Labute approximate surface area is 125 Å². The molecule has 1 aliphatic heterocycles. The van der Waals surface area contributed by atoms with Gasteiger partial charge in [0.2, 0.25) is 0 Å². The first-order valence-electron chi connectivity index (χ1n) is 7.83. The molecule has 1 aromatic rings. The Morgan fingerprint density at radius 1 is 1.48 bits per heavy atom. The smallest absolute Gasteiger partial charge is 0.259 e. The average Bonchev–Trinajstić information content (AvgIpc) is 2.95. The van der Waals surface area contributed by atoms with Crippen LogP contribution in [-0.2, 0) is 0 Å². The van der Waals surface area contributed by atoms with E-state index in [4.69, 9.17) is 0 Å². The van der Waals surface area contributed by atoms with Crippen LogP contribution >= 0.6 is 0 Å². The number of H-pyrrole nitrogens is 1. The number of carbonyl (C=O) groups excluding carboxylic acids is 1. The number of unbranched alkanes of at least 4 members (excludes halogenated alkanes) is 1. The molecular formula is C16H25N3O2. The van der Waals surface area contributed by atoms with E-state index in [1.165, 1.54) is 6.07 Å². The number of pyridine rings is 1. The Balaban J connectivity index is 2.13. The Morgan fingerprint density at radius 3 is 2.90 bits per heavy atom. The summed E-state index contributed by atoms with van der Waals surface area (Å²) in [6.45, 7) is 6.33. The second-order valence-corrected chi connectivity index (χ2v) is 5.79. The molecule has 0 saturated carbocycles. The molecule has 1 saturated heterocycles. The molecule has 1 amide bonds. The van der Waals surface area contributed by atoms with Gasteiger partial charge in [-0.1, -0.05) is 13.3 Å². The lowest BCUT2D eigenvalue weighted by Crippen LogP contribution is -2.43. The lowest BCUT2D eigenvalue weighted by atomic mass is 10.1. The molecule has 2 rings (SSSR count). The standard InChI is InChI=1S/C16H25N3O2/c1-3-4-8-19(11-13-6-5-7-17-13)16(21)14-10-18-12(2)9-15(14)20/h9-10,13,17H,3-8,11H2,1-2H3,(H,18,20). The van der Waals surface area contributed by atoms with E-state index >= 15 is 0 Å². The monoisotopic (exact) mass is 291 g/mol. The third kappa shape index (κ3) is 4.17. The van der Waals surface area contributed by atoms with E-state index in [-0.39, 0.29) is 16.9 Å². The van der Waals surface area contributed by atoms with Crippen LogP contribution in [0.15, 0.2) is 17.1 Å². The zero-order chi connectivity index (χ0) is 15.2. The van der Waals surface area contributed by atoms with Crippen LogP contribution in [0, 0.1) is 6.92 Å². The molecule has 1 aliphatic rings. The number of aryl methyl sites for hydroxylation is 1. The molecular weight excluding hydrogens is 266 g/mol. The minimum atomic E-state index is -0.197. The van der Waals surface area contributed by atoms with E-state index in [0.717, 1.165) is 37.9 Å². The zero-order valence-corrected chi connectivity index (χ0v) is 12.9. The van der Waals surface area contributed by atoms with Crippen molar-refractivity contribution in [2.75, 3.05) is 19.6 Å². The number of rotatable bonds is 6. The fraction of sp³-hybridized carbons (Fsp3) is 0.625. The van der Waals surface area contributed by atoms with Crippen molar-refractivity contribution >= 4 is 5.91 Å². The van der Waals surface area contributed by atoms with Crippen molar-refractivity contribution in [1.29, 1.82) is 0 Å². The second-order valence-electron chi connectivity index (χ2n) is 5.79. The van der Waals surface area contributed by atoms with Crippen LogP contribution in [0.2, 0.25) is 0 Å². The molecule has 1 atom stereocenters. The van der Waals surface area contributed by atoms with Gasteiger partial charge >= 0.3 is 0 Å². The maximum Gasteiger partial charge on any atom is 0.259 e. The summed E-state index contributed by atoms with van der Waals surface area (Å²) in [5.74, 6) is -0.154. The van der Waals surface area contributed by atoms with Gasteiger partial charge in [-0.15, -0.1) is 0 Å². The third-order valence-electron chi connectivity index (χ3n) is 3.96. The van der Waals surface area contributed by atoms with Crippen LogP contribution in [0.3, 0.4) is 0 Å². The summed E-state index contributed by atoms with van der Waals surface area (Å²) < 4.78 is 0. The highest BCUT2D eigenvalue weighted by atomic mass is 16.2. The minimum absolute atomic E-state index is 0.154. The van der Waals surface area contributed by atoms with Crippen LogP contribution in [0.25, 0.3) is 0 Å². The molecule has 1 unspecified atom stereocenters. The summed E-state index contributed by atoms with van der Waals surface area (Å²) >= 11 is 0. The lowest BCUT2D eigenvalue weighted by molar-refractivity contribution is 0.0738. The van der Waals surface area contributed by atoms with Crippen molar-refractivity contribution < 1.29 is 4.79 Å². The summed E-state index contributed by atoms with van der Waals surface area (Å²) in [6.07, 6.45) is 5.79. The predicted octanol–water partition coefficient (Wildman–Crippen LogP) is 1.68. The van der Waals surface area contributed by atoms with Gasteiger partial charge in [0, 0.05) is 37.1 Å². The van der Waals surface area contributed by atoms with Crippen molar-refractivity contribution in [3.63, 3.8) is 0 Å². The third-order valence-corrected chi connectivity index (χ3v) is 3.96. The topological polar surface area (TPSA) is 65.2 Å². The van der Waals surface area contributed by atoms with Gasteiger partial charge < -0.3 is 15.2 Å². The van der Waals surface area contributed by atoms with Gasteiger partial charge in [0.15, 0.2) is 5.43 Å². The molecule has 21 heavy (non-hydrogen) atoms. The van der Waals surface area contributed by atoms with Gasteiger partial charge in [0.25, 0.3) is 5.91 Å².